The Kier molecular flexibility index (Phi) is 3.53. The maximum atomic E-state index is 3.49. The van der Waals surface area contributed by atoms with Crippen LogP contribution in [0.15, 0.2) is 18.2 Å². The average molecular weight is 270 g/mol. The molecule has 2 unspecified atom stereocenters. The molecule has 0 spiro atoms. The Morgan fingerprint density at radius 2 is 2.05 bits per heavy atom. The van der Waals surface area contributed by atoms with Gasteiger partial charge in [-0.15, -0.1) is 0 Å². The first kappa shape index (κ1) is 12.8. The molecule has 0 aromatic heterocycles. The molecule has 0 bridgehead atoms. The van der Waals surface area contributed by atoms with Crippen LogP contribution in [0.5, 0.6) is 0 Å². The Morgan fingerprint density at radius 1 is 1.10 bits per heavy atom. The van der Waals surface area contributed by atoms with Gasteiger partial charge in [-0.05, 0) is 61.4 Å². The van der Waals surface area contributed by atoms with Crippen molar-refractivity contribution in [3.8, 4) is 0 Å². The molecule has 1 aromatic carbocycles. The van der Waals surface area contributed by atoms with Gasteiger partial charge in [0.15, 0.2) is 0 Å². The van der Waals surface area contributed by atoms with Crippen LogP contribution in [-0.2, 0) is 19.5 Å². The largest absolute Gasteiger partial charge is 0.312 e. The van der Waals surface area contributed by atoms with E-state index in [-0.39, 0.29) is 0 Å². The minimum absolute atomic E-state index is 0.887. The summed E-state index contributed by atoms with van der Waals surface area (Å²) < 4.78 is 0. The lowest BCUT2D eigenvalue weighted by Gasteiger charge is -2.32. The molecule has 2 fully saturated rings. The van der Waals surface area contributed by atoms with Crippen LogP contribution in [-0.4, -0.2) is 24.0 Å². The van der Waals surface area contributed by atoms with Crippen molar-refractivity contribution in [3.05, 3.63) is 34.9 Å². The third-order valence-corrected chi connectivity index (χ3v) is 5.67. The SMILES string of the molecule is c1cc2c(cc1CN1CCC3CCCCC31)CNCC2. The summed E-state index contributed by atoms with van der Waals surface area (Å²) in [5.41, 5.74) is 4.62. The number of benzene rings is 1. The Morgan fingerprint density at radius 3 is 3.05 bits per heavy atom. The summed E-state index contributed by atoms with van der Waals surface area (Å²) in [6, 6.07) is 8.09. The van der Waals surface area contributed by atoms with Gasteiger partial charge in [-0.25, -0.2) is 0 Å². The zero-order chi connectivity index (χ0) is 13.4. The molecule has 1 N–H and O–H groups in total. The van der Waals surface area contributed by atoms with Gasteiger partial charge >= 0.3 is 0 Å². The van der Waals surface area contributed by atoms with E-state index in [1.54, 1.807) is 5.56 Å². The van der Waals surface area contributed by atoms with Gasteiger partial charge in [0.2, 0.25) is 0 Å². The van der Waals surface area contributed by atoms with E-state index in [2.05, 4.69) is 28.4 Å². The summed E-state index contributed by atoms with van der Waals surface area (Å²) >= 11 is 0. The highest BCUT2D eigenvalue weighted by molar-refractivity contribution is 5.33. The van der Waals surface area contributed by atoms with Crippen molar-refractivity contribution in [1.82, 2.24) is 10.2 Å². The Bertz CT molecular complexity index is 482. The second-order valence-electron chi connectivity index (χ2n) is 6.90. The first-order valence-electron chi connectivity index (χ1n) is 8.45. The van der Waals surface area contributed by atoms with Crippen LogP contribution in [0.2, 0.25) is 0 Å². The average Bonchev–Trinajstić information content (AvgIpc) is 2.91. The van der Waals surface area contributed by atoms with E-state index in [4.69, 9.17) is 0 Å². The van der Waals surface area contributed by atoms with Crippen molar-refractivity contribution in [2.45, 2.75) is 57.7 Å². The van der Waals surface area contributed by atoms with E-state index in [1.165, 1.54) is 62.7 Å². The fourth-order valence-electron chi connectivity index (χ4n) is 4.57. The van der Waals surface area contributed by atoms with Crippen LogP contribution in [0, 0.1) is 5.92 Å². The minimum Gasteiger partial charge on any atom is -0.312 e. The van der Waals surface area contributed by atoms with Crippen LogP contribution in [0.25, 0.3) is 0 Å². The van der Waals surface area contributed by atoms with Crippen LogP contribution in [0.3, 0.4) is 0 Å². The highest BCUT2D eigenvalue weighted by Gasteiger charge is 2.35. The van der Waals surface area contributed by atoms with Gasteiger partial charge in [-0.2, -0.15) is 0 Å². The summed E-state index contributed by atoms with van der Waals surface area (Å²) in [6.45, 7) is 4.70. The third-order valence-electron chi connectivity index (χ3n) is 5.67. The second-order valence-corrected chi connectivity index (χ2v) is 6.90. The minimum atomic E-state index is 0.887. The molecule has 2 atom stereocenters. The molecular weight excluding hydrogens is 244 g/mol. The molecule has 2 heterocycles. The highest BCUT2D eigenvalue weighted by Crippen LogP contribution is 2.36. The number of nitrogens with zero attached hydrogens (tertiary/aromatic N) is 1. The van der Waals surface area contributed by atoms with Gasteiger partial charge in [0.05, 0.1) is 0 Å². The maximum absolute atomic E-state index is 3.49. The van der Waals surface area contributed by atoms with Crippen LogP contribution in [0.1, 0.15) is 48.8 Å². The summed E-state index contributed by atoms with van der Waals surface area (Å²) in [5.74, 6) is 1.00. The lowest BCUT2D eigenvalue weighted by Crippen LogP contribution is -2.34. The molecule has 108 valence electrons. The molecule has 0 radical (unpaired) electrons. The van der Waals surface area contributed by atoms with Crippen molar-refractivity contribution in [2.24, 2.45) is 5.92 Å². The second kappa shape index (κ2) is 5.50. The molecule has 1 saturated carbocycles. The normalized spacial score (nSPS) is 30.0. The van der Waals surface area contributed by atoms with Gasteiger partial charge < -0.3 is 5.32 Å². The van der Waals surface area contributed by atoms with Crippen LogP contribution in [0.4, 0.5) is 0 Å². The number of hydrogen-bond donors (Lipinski definition) is 1. The zero-order valence-corrected chi connectivity index (χ0v) is 12.4. The number of nitrogens with one attached hydrogen (secondary N) is 1. The summed E-state index contributed by atoms with van der Waals surface area (Å²) in [7, 11) is 0. The predicted octanol–water partition coefficient (Wildman–Crippen LogP) is 3.10. The molecule has 2 aliphatic heterocycles. The molecule has 2 nitrogen and oxygen atoms in total. The molecule has 4 rings (SSSR count). The first-order valence-corrected chi connectivity index (χ1v) is 8.45. The molecule has 1 aliphatic carbocycles. The predicted molar refractivity (Wildman–Crippen MR) is 82.6 cm³/mol. The standard InChI is InChI=1S/C18H26N2/c1-2-4-18-16(3-1)8-10-20(18)13-14-5-6-15-7-9-19-12-17(15)11-14/h5-6,11,16,18-19H,1-4,7-10,12-13H2. The van der Waals surface area contributed by atoms with E-state index in [0.717, 1.165) is 25.0 Å². The van der Waals surface area contributed by atoms with Crippen LogP contribution >= 0.6 is 0 Å². The van der Waals surface area contributed by atoms with E-state index < -0.39 is 0 Å². The zero-order valence-electron chi connectivity index (χ0n) is 12.4. The number of likely N-dealkylation sites (tertiary alicyclic amines) is 1. The molecular formula is C18H26N2. The van der Waals surface area contributed by atoms with Crippen molar-refractivity contribution >= 4 is 0 Å². The van der Waals surface area contributed by atoms with Crippen molar-refractivity contribution < 1.29 is 0 Å². The van der Waals surface area contributed by atoms with E-state index in [1.807, 2.05) is 0 Å². The quantitative estimate of drug-likeness (QED) is 0.888. The smallest absolute Gasteiger partial charge is 0.0236 e. The van der Waals surface area contributed by atoms with Crippen molar-refractivity contribution in [1.29, 1.82) is 0 Å². The van der Waals surface area contributed by atoms with E-state index >= 15 is 0 Å². The summed E-state index contributed by atoms with van der Waals surface area (Å²) in [6.07, 6.45) is 8.49. The Labute approximate surface area is 122 Å². The van der Waals surface area contributed by atoms with Gasteiger partial charge in [-0.1, -0.05) is 31.0 Å². The van der Waals surface area contributed by atoms with Gasteiger partial charge in [0.1, 0.15) is 0 Å². The van der Waals surface area contributed by atoms with Crippen molar-refractivity contribution in [2.75, 3.05) is 13.1 Å². The molecule has 3 aliphatic rings. The molecule has 20 heavy (non-hydrogen) atoms. The molecule has 2 heteroatoms. The lowest BCUT2D eigenvalue weighted by atomic mass is 9.85. The number of rotatable bonds is 2. The van der Waals surface area contributed by atoms with Gasteiger partial charge in [-0.3, -0.25) is 4.90 Å². The monoisotopic (exact) mass is 270 g/mol. The number of fused-ring (bicyclic) bond motifs is 2. The summed E-state index contributed by atoms with van der Waals surface area (Å²) in [4.78, 5) is 2.77. The number of hydrogen-bond acceptors (Lipinski definition) is 2. The highest BCUT2D eigenvalue weighted by atomic mass is 15.2. The maximum Gasteiger partial charge on any atom is 0.0236 e. The Hall–Kier alpha value is -0.860. The molecule has 1 saturated heterocycles. The van der Waals surface area contributed by atoms with Crippen LogP contribution < -0.4 is 5.32 Å². The fraction of sp³-hybridized carbons (Fsp3) is 0.667. The van der Waals surface area contributed by atoms with Gasteiger partial charge in [0.25, 0.3) is 0 Å². The molecule has 1 aromatic rings. The lowest BCUT2D eigenvalue weighted by molar-refractivity contribution is 0.176. The Balaban J connectivity index is 1.48. The van der Waals surface area contributed by atoms with Gasteiger partial charge in [0, 0.05) is 19.1 Å². The molecule has 0 amide bonds. The topological polar surface area (TPSA) is 15.3 Å². The third kappa shape index (κ3) is 2.40. The van der Waals surface area contributed by atoms with E-state index in [9.17, 15) is 0 Å². The first-order chi connectivity index (χ1) is 9.90. The fourth-order valence-corrected chi connectivity index (χ4v) is 4.57. The van der Waals surface area contributed by atoms with E-state index in [0.29, 0.717) is 0 Å². The van der Waals surface area contributed by atoms with Crippen molar-refractivity contribution in [3.63, 3.8) is 0 Å². The summed E-state index contributed by atoms with van der Waals surface area (Å²) in [5, 5.41) is 3.49.